The van der Waals surface area contributed by atoms with Gasteiger partial charge in [-0.2, -0.15) is 5.10 Å². The third kappa shape index (κ3) is 1.23. The number of nitrogens with one attached hydrogen (secondary N) is 1. The molecule has 2 aromatic rings. The zero-order chi connectivity index (χ0) is 9.42. The molecule has 0 bridgehead atoms. The molecule has 0 amide bonds. The molecule has 0 radical (unpaired) electrons. The van der Waals surface area contributed by atoms with E-state index >= 15 is 0 Å². The molecule has 0 aliphatic rings. The number of thioether (sulfide) groups is 1. The van der Waals surface area contributed by atoms with E-state index in [1.54, 1.807) is 13.2 Å². The summed E-state index contributed by atoms with van der Waals surface area (Å²) in [5.41, 5.74) is 1.00. The smallest absolute Gasteiger partial charge is 0.277 e. The lowest BCUT2D eigenvalue weighted by Gasteiger charge is -1.95. The summed E-state index contributed by atoms with van der Waals surface area (Å²) >= 11 is 1.40. The van der Waals surface area contributed by atoms with Crippen molar-refractivity contribution < 1.29 is 0 Å². The van der Waals surface area contributed by atoms with Gasteiger partial charge in [0.25, 0.3) is 5.56 Å². The molecule has 6 heteroatoms. The summed E-state index contributed by atoms with van der Waals surface area (Å²) in [4.78, 5) is 18.3. The van der Waals surface area contributed by atoms with Gasteiger partial charge in [-0.05, 0) is 6.26 Å². The minimum absolute atomic E-state index is 0.144. The van der Waals surface area contributed by atoms with Gasteiger partial charge in [-0.15, -0.1) is 0 Å². The lowest BCUT2D eigenvalue weighted by atomic mass is 10.5. The van der Waals surface area contributed by atoms with Crippen LogP contribution >= 0.6 is 11.8 Å². The van der Waals surface area contributed by atoms with E-state index in [1.165, 1.54) is 16.4 Å². The Labute approximate surface area is 78.2 Å². The van der Waals surface area contributed by atoms with E-state index in [-0.39, 0.29) is 5.56 Å². The number of hydrogen-bond acceptors (Lipinski definition) is 4. The van der Waals surface area contributed by atoms with Gasteiger partial charge in [-0.1, -0.05) is 11.8 Å². The SMILES string of the molecule is CSc1nc2cnn(C)c2c(=O)[nH]1. The zero-order valence-corrected chi connectivity index (χ0v) is 8.05. The molecule has 1 N–H and O–H groups in total. The fraction of sp³-hybridized carbons (Fsp3) is 0.286. The minimum atomic E-state index is -0.144. The monoisotopic (exact) mass is 196 g/mol. The van der Waals surface area contributed by atoms with Gasteiger partial charge in [0.2, 0.25) is 0 Å². The zero-order valence-electron chi connectivity index (χ0n) is 7.24. The molecule has 0 unspecified atom stereocenters. The van der Waals surface area contributed by atoms with Crippen LogP contribution in [0.5, 0.6) is 0 Å². The predicted octanol–water partition coefficient (Wildman–Crippen LogP) is 0.378. The standard InChI is InChI=1S/C7H8N4OS/c1-11-5-4(3-8-11)9-7(13-2)10-6(5)12/h3H,1-2H3,(H,9,10,12). The molecule has 0 aliphatic carbocycles. The van der Waals surface area contributed by atoms with E-state index in [0.717, 1.165) is 0 Å². The van der Waals surface area contributed by atoms with Crippen LogP contribution in [0.25, 0.3) is 11.0 Å². The van der Waals surface area contributed by atoms with Gasteiger partial charge in [0, 0.05) is 7.05 Å². The van der Waals surface area contributed by atoms with Gasteiger partial charge >= 0.3 is 0 Å². The highest BCUT2D eigenvalue weighted by atomic mass is 32.2. The van der Waals surface area contributed by atoms with Gasteiger partial charge in [-0.3, -0.25) is 14.5 Å². The molecule has 0 aliphatic heterocycles. The van der Waals surface area contributed by atoms with Crippen molar-refractivity contribution in [1.82, 2.24) is 19.7 Å². The molecule has 13 heavy (non-hydrogen) atoms. The Bertz CT molecular complexity index is 501. The second-order valence-corrected chi connectivity index (χ2v) is 3.37. The summed E-state index contributed by atoms with van der Waals surface area (Å²) < 4.78 is 1.52. The van der Waals surface area contributed by atoms with Crippen LogP contribution in [0.3, 0.4) is 0 Å². The molecule has 68 valence electrons. The first-order chi connectivity index (χ1) is 6.22. The minimum Gasteiger partial charge on any atom is -0.300 e. The Morgan fingerprint density at radius 3 is 3.08 bits per heavy atom. The number of aromatic nitrogens is 4. The number of hydrogen-bond donors (Lipinski definition) is 1. The largest absolute Gasteiger partial charge is 0.300 e. The van der Waals surface area contributed by atoms with Crippen LogP contribution in [-0.2, 0) is 7.05 Å². The van der Waals surface area contributed by atoms with Crippen molar-refractivity contribution in [3.8, 4) is 0 Å². The normalized spacial score (nSPS) is 10.9. The van der Waals surface area contributed by atoms with Crippen molar-refractivity contribution >= 4 is 22.8 Å². The highest BCUT2D eigenvalue weighted by molar-refractivity contribution is 7.98. The van der Waals surface area contributed by atoms with Gasteiger partial charge in [0.05, 0.1) is 6.20 Å². The third-order valence-corrected chi connectivity index (χ3v) is 2.35. The lowest BCUT2D eigenvalue weighted by Crippen LogP contribution is -2.11. The van der Waals surface area contributed by atoms with Crippen LogP contribution in [0.1, 0.15) is 0 Å². The van der Waals surface area contributed by atoms with Crippen molar-refractivity contribution in [3.05, 3.63) is 16.6 Å². The summed E-state index contributed by atoms with van der Waals surface area (Å²) in [6, 6.07) is 0. The summed E-state index contributed by atoms with van der Waals surface area (Å²) in [5, 5.41) is 4.57. The number of rotatable bonds is 1. The Kier molecular flexibility index (Phi) is 1.84. The molecule has 0 saturated carbocycles. The van der Waals surface area contributed by atoms with Gasteiger partial charge in [0.15, 0.2) is 10.7 Å². The van der Waals surface area contributed by atoms with E-state index < -0.39 is 0 Å². The highest BCUT2D eigenvalue weighted by Crippen LogP contribution is 2.10. The molecule has 0 fully saturated rings. The average Bonchev–Trinajstić information content (AvgIpc) is 2.48. The maximum Gasteiger partial charge on any atom is 0.277 e. The molecule has 0 saturated heterocycles. The maximum atomic E-state index is 11.5. The first kappa shape index (κ1) is 8.31. The quantitative estimate of drug-likeness (QED) is 0.529. The Balaban J connectivity index is 2.87. The summed E-state index contributed by atoms with van der Waals surface area (Å²) in [6.07, 6.45) is 3.45. The average molecular weight is 196 g/mol. The van der Waals surface area contributed by atoms with E-state index in [9.17, 15) is 4.79 Å². The first-order valence-corrected chi connectivity index (χ1v) is 4.91. The van der Waals surface area contributed by atoms with Gasteiger partial charge in [0.1, 0.15) is 5.52 Å². The third-order valence-electron chi connectivity index (χ3n) is 1.77. The topological polar surface area (TPSA) is 63.6 Å². The molecular formula is C7H8N4OS. The molecule has 5 nitrogen and oxygen atoms in total. The van der Waals surface area contributed by atoms with Crippen molar-refractivity contribution in [2.75, 3.05) is 6.26 Å². The van der Waals surface area contributed by atoms with Crippen molar-refractivity contribution in [1.29, 1.82) is 0 Å². The Hall–Kier alpha value is -1.30. The van der Waals surface area contributed by atoms with Crippen LogP contribution in [-0.4, -0.2) is 26.0 Å². The highest BCUT2D eigenvalue weighted by Gasteiger charge is 2.06. The van der Waals surface area contributed by atoms with E-state index in [4.69, 9.17) is 0 Å². The lowest BCUT2D eigenvalue weighted by molar-refractivity contribution is 0.789. The molecule has 2 rings (SSSR count). The van der Waals surface area contributed by atoms with Crippen molar-refractivity contribution in [3.63, 3.8) is 0 Å². The molecule has 2 heterocycles. The number of aryl methyl sites for hydroxylation is 1. The van der Waals surface area contributed by atoms with Crippen LogP contribution in [0.2, 0.25) is 0 Å². The van der Waals surface area contributed by atoms with Gasteiger partial charge < -0.3 is 0 Å². The van der Waals surface area contributed by atoms with Gasteiger partial charge in [-0.25, -0.2) is 4.98 Å². The summed E-state index contributed by atoms with van der Waals surface area (Å²) in [6.45, 7) is 0. The molecular weight excluding hydrogens is 188 g/mol. The van der Waals surface area contributed by atoms with E-state index in [1.807, 2.05) is 6.26 Å². The van der Waals surface area contributed by atoms with E-state index in [0.29, 0.717) is 16.2 Å². The second kappa shape index (κ2) is 2.88. The Morgan fingerprint density at radius 1 is 1.62 bits per heavy atom. The molecule has 0 aromatic carbocycles. The fourth-order valence-electron chi connectivity index (χ4n) is 1.16. The fourth-order valence-corrected chi connectivity index (χ4v) is 1.55. The van der Waals surface area contributed by atoms with Crippen LogP contribution in [0.15, 0.2) is 16.1 Å². The van der Waals surface area contributed by atoms with Crippen LogP contribution < -0.4 is 5.56 Å². The molecule has 0 atom stereocenters. The van der Waals surface area contributed by atoms with E-state index in [2.05, 4.69) is 15.1 Å². The number of aromatic amines is 1. The predicted molar refractivity (Wildman–Crippen MR) is 50.9 cm³/mol. The maximum absolute atomic E-state index is 11.5. The molecule has 0 spiro atoms. The first-order valence-electron chi connectivity index (χ1n) is 3.68. The Morgan fingerprint density at radius 2 is 2.38 bits per heavy atom. The van der Waals surface area contributed by atoms with Crippen LogP contribution in [0, 0.1) is 0 Å². The second-order valence-electron chi connectivity index (χ2n) is 2.58. The van der Waals surface area contributed by atoms with Crippen LogP contribution in [0.4, 0.5) is 0 Å². The molecule has 2 aromatic heterocycles. The number of nitrogens with zero attached hydrogens (tertiary/aromatic N) is 3. The van der Waals surface area contributed by atoms with Crippen molar-refractivity contribution in [2.24, 2.45) is 7.05 Å². The number of fused-ring (bicyclic) bond motifs is 1. The summed E-state index contributed by atoms with van der Waals surface area (Å²) in [5.74, 6) is 0. The summed E-state index contributed by atoms with van der Waals surface area (Å²) in [7, 11) is 1.72. The number of H-pyrrole nitrogens is 1. The van der Waals surface area contributed by atoms with Crippen molar-refractivity contribution in [2.45, 2.75) is 5.16 Å².